The van der Waals surface area contributed by atoms with E-state index < -0.39 is 5.69 Å². The lowest BCUT2D eigenvalue weighted by Crippen LogP contribution is -2.25. The third-order valence-corrected chi connectivity index (χ3v) is 3.23. The summed E-state index contributed by atoms with van der Waals surface area (Å²) in [7, 11) is 0. The minimum atomic E-state index is -0.485. The molecule has 104 valence electrons. The van der Waals surface area contributed by atoms with Crippen LogP contribution in [0.15, 0.2) is 41.5 Å². The van der Waals surface area contributed by atoms with E-state index in [0.29, 0.717) is 16.5 Å². The van der Waals surface area contributed by atoms with E-state index in [9.17, 15) is 9.59 Å². The van der Waals surface area contributed by atoms with Gasteiger partial charge in [-0.1, -0.05) is 49.7 Å². The van der Waals surface area contributed by atoms with Gasteiger partial charge in [0.15, 0.2) is 5.78 Å². The number of benzene rings is 1. The van der Waals surface area contributed by atoms with Gasteiger partial charge in [0.25, 0.3) is 0 Å². The lowest BCUT2D eigenvalue weighted by molar-refractivity contribution is 0.0970. The summed E-state index contributed by atoms with van der Waals surface area (Å²) in [6.07, 6.45) is 2.68. The lowest BCUT2D eigenvalue weighted by atomic mass is 10.0. The molecule has 0 amide bonds. The van der Waals surface area contributed by atoms with Crippen LogP contribution in [0.5, 0.6) is 0 Å². The average Bonchev–Trinajstić information content (AvgIpc) is 2.43. The van der Waals surface area contributed by atoms with Gasteiger partial charge < -0.3 is 0 Å². The monoisotopic (exact) mass is 290 g/mol. The van der Waals surface area contributed by atoms with Crippen molar-refractivity contribution in [2.45, 2.75) is 26.3 Å². The van der Waals surface area contributed by atoms with Crippen molar-refractivity contribution in [3.63, 3.8) is 0 Å². The number of carbonyl (C=O) groups is 1. The molecule has 0 N–H and O–H groups in total. The van der Waals surface area contributed by atoms with Crippen molar-refractivity contribution < 1.29 is 4.79 Å². The molecule has 2 aromatic rings. The molecule has 0 radical (unpaired) electrons. The molecular weight excluding hydrogens is 276 g/mol. The molecule has 0 aliphatic rings. The Morgan fingerprint density at radius 3 is 2.55 bits per heavy atom. The number of carbonyl (C=O) groups excluding carboxylic acids is 1. The number of hydrogen-bond acceptors (Lipinski definition) is 3. The average molecular weight is 291 g/mol. The summed E-state index contributed by atoms with van der Waals surface area (Å²) in [5.74, 6) is 0.269. The lowest BCUT2D eigenvalue weighted by Gasteiger charge is -2.07. The Bertz CT molecular complexity index is 675. The Morgan fingerprint density at radius 2 is 1.95 bits per heavy atom. The number of halogens is 1. The fraction of sp³-hybridized carbons (Fsp3) is 0.267. The second-order valence-electron chi connectivity index (χ2n) is 4.88. The minimum Gasteiger partial charge on any atom is -0.292 e. The predicted octanol–water partition coefficient (Wildman–Crippen LogP) is 2.90. The Hall–Kier alpha value is -1.94. The number of Topliss-reactive ketones (excluding diaryl/α,β-unsaturated/α-hetero) is 1. The number of ketones is 1. The highest BCUT2D eigenvalue weighted by molar-refractivity contribution is 6.30. The van der Waals surface area contributed by atoms with Crippen LogP contribution in [-0.2, 0) is 6.54 Å². The van der Waals surface area contributed by atoms with Gasteiger partial charge in [-0.3, -0.25) is 9.36 Å². The first-order chi connectivity index (χ1) is 9.47. The van der Waals surface area contributed by atoms with Crippen LogP contribution in [0.3, 0.4) is 0 Å². The Kier molecular flexibility index (Phi) is 4.35. The zero-order valence-corrected chi connectivity index (χ0v) is 12.1. The van der Waals surface area contributed by atoms with Crippen molar-refractivity contribution in [3.05, 3.63) is 63.3 Å². The largest absolute Gasteiger partial charge is 0.348 e. The van der Waals surface area contributed by atoms with E-state index >= 15 is 0 Å². The third-order valence-electron chi connectivity index (χ3n) is 3.04. The van der Waals surface area contributed by atoms with Crippen LogP contribution in [0.2, 0.25) is 5.02 Å². The molecular formula is C15H15ClN2O2. The van der Waals surface area contributed by atoms with E-state index in [0.717, 1.165) is 0 Å². The predicted molar refractivity (Wildman–Crippen MR) is 78.4 cm³/mol. The van der Waals surface area contributed by atoms with E-state index in [1.807, 2.05) is 12.1 Å². The van der Waals surface area contributed by atoms with Gasteiger partial charge in [0.2, 0.25) is 0 Å². The SMILES string of the molecule is CC(C)c1ccc(C(=O)Cn2cc(Cl)cnc2=O)cc1. The standard InChI is InChI=1S/C15H15ClN2O2/c1-10(2)11-3-5-12(6-4-11)14(19)9-18-8-13(16)7-17-15(18)20/h3-8,10H,9H2,1-2H3. The summed E-state index contributed by atoms with van der Waals surface area (Å²) >= 11 is 5.77. The van der Waals surface area contributed by atoms with Crippen molar-refractivity contribution in [1.82, 2.24) is 9.55 Å². The molecule has 20 heavy (non-hydrogen) atoms. The van der Waals surface area contributed by atoms with E-state index in [-0.39, 0.29) is 12.3 Å². The first-order valence-electron chi connectivity index (χ1n) is 6.32. The van der Waals surface area contributed by atoms with E-state index in [4.69, 9.17) is 11.6 Å². The molecule has 5 heteroatoms. The van der Waals surface area contributed by atoms with E-state index in [2.05, 4.69) is 18.8 Å². The van der Waals surface area contributed by atoms with E-state index in [1.165, 1.54) is 22.5 Å². The van der Waals surface area contributed by atoms with Crippen molar-refractivity contribution in [2.75, 3.05) is 0 Å². The van der Waals surface area contributed by atoms with Crippen LogP contribution < -0.4 is 5.69 Å². The zero-order chi connectivity index (χ0) is 14.7. The second kappa shape index (κ2) is 6.01. The van der Waals surface area contributed by atoms with Crippen molar-refractivity contribution in [3.8, 4) is 0 Å². The summed E-state index contributed by atoms with van der Waals surface area (Å²) in [5, 5.41) is 0.326. The molecule has 1 aromatic heterocycles. The minimum absolute atomic E-state index is 0.0621. The highest BCUT2D eigenvalue weighted by atomic mass is 35.5. The molecule has 0 bridgehead atoms. The van der Waals surface area contributed by atoms with Crippen LogP contribution >= 0.6 is 11.6 Å². The topological polar surface area (TPSA) is 52.0 Å². The summed E-state index contributed by atoms with van der Waals surface area (Å²) in [6, 6.07) is 7.41. The van der Waals surface area contributed by atoms with Gasteiger partial charge in [-0.2, -0.15) is 0 Å². The van der Waals surface area contributed by atoms with Gasteiger partial charge in [0, 0.05) is 11.8 Å². The summed E-state index contributed by atoms with van der Waals surface area (Å²) < 4.78 is 1.21. The first kappa shape index (κ1) is 14.5. The van der Waals surface area contributed by atoms with Crippen LogP contribution in [0, 0.1) is 0 Å². The Morgan fingerprint density at radius 1 is 1.30 bits per heavy atom. The Balaban J connectivity index is 2.19. The molecule has 0 atom stereocenters. The highest BCUT2D eigenvalue weighted by Gasteiger charge is 2.09. The van der Waals surface area contributed by atoms with Crippen LogP contribution in [0.25, 0.3) is 0 Å². The van der Waals surface area contributed by atoms with Crippen molar-refractivity contribution in [2.24, 2.45) is 0 Å². The fourth-order valence-electron chi connectivity index (χ4n) is 1.84. The fourth-order valence-corrected chi connectivity index (χ4v) is 2.01. The van der Waals surface area contributed by atoms with Gasteiger partial charge >= 0.3 is 5.69 Å². The molecule has 0 fully saturated rings. The molecule has 2 rings (SSSR count). The van der Waals surface area contributed by atoms with Crippen LogP contribution in [0.4, 0.5) is 0 Å². The van der Waals surface area contributed by atoms with Gasteiger partial charge in [-0.05, 0) is 11.5 Å². The molecule has 0 unspecified atom stereocenters. The quantitative estimate of drug-likeness (QED) is 0.814. The number of hydrogen-bond donors (Lipinski definition) is 0. The number of nitrogens with zero attached hydrogens (tertiary/aromatic N) is 2. The van der Waals surface area contributed by atoms with Crippen LogP contribution in [0.1, 0.15) is 35.7 Å². The molecule has 4 nitrogen and oxygen atoms in total. The van der Waals surface area contributed by atoms with Gasteiger partial charge in [0.1, 0.15) is 0 Å². The highest BCUT2D eigenvalue weighted by Crippen LogP contribution is 2.15. The zero-order valence-electron chi connectivity index (χ0n) is 11.3. The molecule has 1 aromatic carbocycles. The van der Waals surface area contributed by atoms with Crippen LogP contribution in [-0.4, -0.2) is 15.3 Å². The molecule has 0 aliphatic carbocycles. The maximum absolute atomic E-state index is 12.1. The first-order valence-corrected chi connectivity index (χ1v) is 6.70. The number of aromatic nitrogens is 2. The van der Waals surface area contributed by atoms with Crippen molar-refractivity contribution >= 4 is 17.4 Å². The summed E-state index contributed by atoms with van der Waals surface area (Å²) in [6.45, 7) is 4.12. The summed E-state index contributed by atoms with van der Waals surface area (Å²) in [4.78, 5) is 27.2. The maximum atomic E-state index is 12.1. The Labute approximate surface area is 122 Å². The molecule has 1 heterocycles. The molecule has 0 spiro atoms. The molecule has 0 saturated heterocycles. The van der Waals surface area contributed by atoms with Gasteiger partial charge in [0.05, 0.1) is 17.8 Å². The third kappa shape index (κ3) is 3.33. The van der Waals surface area contributed by atoms with Gasteiger partial charge in [-0.15, -0.1) is 0 Å². The summed E-state index contributed by atoms with van der Waals surface area (Å²) in [5.41, 5.74) is 1.26. The molecule has 0 aliphatic heterocycles. The smallest absolute Gasteiger partial charge is 0.292 e. The maximum Gasteiger partial charge on any atom is 0.348 e. The van der Waals surface area contributed by atoms with E-state index in [1.54, 1.807) is 12.1 Å². The van der Waals surface area contributed by atoms with Crippen molar-refractivity contribution in [1.29, 1.82) is 0 Å². The second-order valence-corrected chi connectivity index (χ2v) is 5.32. The number of rotatable bonds is 4. The normalized spacial score (nSPS) is 10.8. The van der Waals surface area contributed by atoms with Gasteiger partial charge in [-0.25, -0.2) is 9.78 Å². The molecule has 0 saturated carbocycles.